The highest BCUT2D eigenvalue weighted by Gasteiger charge is 2.21. The van der Waals surface area contributed by atoms with Crippen LogP contribution in [0.4, 0.5) is 11.6 Å². The van der Waals surface area contributed by atoms with Gasteiger partial charge in [-0.15, -0.1) is 0 Å². The van der Waals surface area contributed by atoms with Gasteiger partial charge in [0, 0.05) is 25.0 Å². The molecule has 2 aromatic rings. The number of amides is 1. The summed E-state index contributed by atoms with van der Waals surface area (Å²) < 4.78 is 0. The summed E-state index contributed by atoms with van der Waals surface area (Å²) in [7, 11) is 0. The van der Waals surface area contributed by atoms with Crippen LogP contribution in [0.2, 0.25) is 0 Å². The van der Waals surface area contributed by atoms with Crippen LogP contribution in [-0.4, -0.2) is 33.9 Å². The van der Waals surface area contributed by atoms with Gasteiger partial charge >= 0.3 is 0 Å². The maximum Gasteiger partial charge on any atom is 0.272 e. The Morgan fingerprint density at radius 3 is 2.52 bits per heavy atom. The Morgan fingerprint density at radius 1 is 1.08 bits per heavy atom. The molecular weight excluding hydrogens is 312 g/mol. The van der Waals surface area contributed by atoms with Crippen LogP contribution in [0, 0.1) is 0 Å². The number of nitrogens with zero attached hydrogens (tertiary/aromatic N) is 3. The van der Waals surface area contributed by atoms with Crippen molar-refractivity contribution in [1.82, 2.24) is 14.9 Å². The minimum Gasteiger partial charge on any atom is -0.337 e. The fourth-order valence-corrected chi connectivity index (χ4v) is 3.16. The molecule has 0 bridgehead atoms. The molecule has 25 heavy (non-hydrogen) atoms. The Hall–Kier alpha value is -2.43. The van der Waals surface area contributed by atoms with Crippen molar-refractivity contribution in [2.24, 2.45) is 0 Å². The average molecular weight is 338 g/mol. The van der Waals surface area contributed by atoms with Crippen LogP contribution in [0.25, 0.3) is 0 Å². The van der Waals surface area contributed by atoms with Crippen LogP contribution in [0.5, 0.6) is 0 Å². The molecule has 1 aromatic heterocycles. The van der Waals surface area contributed by atoms with E-state index in [-0.39, 0.29) is 11.3 Å². The molecule has 132 valence electrons. The van der Waals surface area contributed by atoms with E-state index < -0.39 is 0 Å². The second-order valence-corrected chi connectivity index (χ2v) is 7.54. The van der Waals surface area contributed by atoms with E-state index in [2.05, 4.69) is 42.1 Å². The standard InChI is InChI=1S/C20H26N4O/c1-20(2,3)15-9-5-6-10-16(15)22-19-21-12-11-17(23-19)18(25)24-13-7-4-8-14-24/h5-6,9-12H,4,7-8,13-14H2,1-3H3,(H,21,22,23). The average Bonchev–Trinajstić information content (AvgIpc) is 2.62. The van der Waals surface area contributed by atoms with Gasteiger partial charge in [-0.1, -0.05) is 39.0 Å². The molecule has 0 radical (unpaired) electrons. The van der Waals surface area contributed by atoms with Crippen molar-refractivity contribution in [3.63, 3.8) is 0 Å². The van der Waals surface area contributed by atoms with Gasteiger partial charge in [0.15, 0.2) is 0 Å². The molecule has 5 nitrogen and oxygen atoms in total. The smallest absolute Gasteiger partial charge is 0.272 e. The van der Waals surface area contributed by atoms with Crippen LogP contribution in [0.1, 0.15) is 56.1 Å². The Labute approximate surface area is 149 Å². The normalized spacial score (nSPS) is 15.1. The van der Waals surface area contributed by atoms with Crippen LogP contribution >= 0.6 is 0 Å². The predicted octanol–water partition coefficient (Wildman–Crippen LogP) is 4.14. The first-order valence-electron chi connectivity index (χ1n) is 8.94. The van der Waals surface area contributed by atoms with E-state index in [1.165, 1.54) is 12.0 Å². The number of piperidine rings is 1. The lowest BCUT2D eigenvalue weighted by Crippen LogP contribution is -2.36. The van der Waals surface area contributed by atoms with E-state index in [0.717, 1.165) is 31.6 Å². The third-order valence-electron chi connectivity index (χ3n) is 4.50. The number of rotatable bonds is 3. The number of aromatic nitrogens is 2. The van der Waals surface area contributed by atoms with Gasteiger partial charge in [0.25, 0.3) is 5.91 Å². The first kappa shape index (κ1) is 17.4. The monoisotopic (exact) mass is 338 g/mol. The van der Waals surface area contributed by atoms with Crippen LogP contribution in [0.15, 0.2) is 36.5 Å². The lowest BCUT2D eigenvalue weighted by atomic mass is 9.86. The van der Waals surface area contributed by atoms with Gasteiger partial charge in [-0.2, -0.15) is 0 Å². The summed E-state index contributed by atoms with van der Waals surface area (Å²) in [5.41, 5.74) is 2.61. The summed E-state index contributed by atoms with van der Waals surface area (Å²) in [5, 5.41) is 3.28. The van der Waals surface area contributed by atoms with Gasteiger partial charge in [-0.3, -0.25) is 4.79 Å². The zero-order valence-electron chi connectivity index (χ0n) is 15.2. The Kier molecular flexibility index (Phi) is 5.02. The zero-order chi connectivity index (χ0) is 17.9. The number of hydrogen-bond acceptors (Lipinski definition) is 4. The summed E-state index contributed by atoms with van der Waals surface area (Å²) in [4.78, 5) is 23.3. The number of hydrogen-bond donors (Lipinski definition) is 1. The minimum atomic E-state index is -0.00532. The van der Waals surface area contributed by atoms with E-state index in [9.17, 15) is 4.79 Å². The third-order valence-corrected chi connectivity index (χ3v) is 4.50. The molecule has 1 N–H and O–H groups in total. The SMILES string of the molecule is CC(C)(C)c1ccccc1Nc1nccc(C(=O)N2CCCCC2)n1. The van der Waals surface area contributed by atoms with Crippen molar-refractivity contribution in [1.29, 1.82) is 0 Å². The van der Waals surface area contributed by atoms with Gasteiger partial charge in [0.2, 0.25) is 5.95 Å². The quantitative estimate of drug-likeness (QED) is 0.913. The molecule has 5 heteroatoms. The highest BCUT2D eigenvalue weighted by Crippen LogP contribution is 2.30. The van der Waals surface area contributed by atoms with Gasteiger partial charge < -0.3 is 10.2 Å². The Morgan fingerprint density at radius 2 is 1.80 bits per heavy atom. The first-order chi connectivity index (χ1) is 11.9. The fourth-order valence-electron chi connectivity index (χ4n) is 3.16. The predicted molar refractivity (Wildman–Crippen MR) is 100 cm³/mol. The molecule has 0 atom stereocenters. The van der Waals surface area contributed by atoms with E-state index in [1.807, 2.05) is 23.1 Å². The van der Waals surface area contributed by atoms with Crippen molar-refractivity contribution >= 4 is 17.5 Å². The number of para-hydroxylation sites is 1. The molecule has 3 rings (SSSR count). The fraction of sp³-hybridized carbons (Fsp3) is 0.450. The van der Waals surface area contributed by atoms with Gasteiger partial charge in [-0.25, -0.2) is 9.97 Å². The van der Waals surface area contributed by atoms with E-state index in [4.69, 9.17) is 0 Å². The molecule has 1 aromatic carbocycles. The van der Waals surface area contributed by atoms with Crippen molar-refractivity contribution in [2.45, 2.75) is 45.4 Å². The van der Waals surface area contributed by atoms with Crippen LogP contribution < -0.4 is 5.32 Å². The maximum atomic E-state index is 12.6. The lowest BCUT2D eigenvalue weighted by molar-refractivity contribution is 0.0718. The molecule has 1 saturated heterocycles. The largest absolute Gasteiger partial charge is 0.337 e. The molecular formula is C20H26N4O. The molecule has 1 amide bonds. The maximum absolute atomic E-state index is 12.6. The van der Waals surface area contributed by atoms with Crippen molar-refractivity contribution in [3.05, 3.63) is 47.8 Å². The van der Waals surface area contributed by atoms with Crippen molar-refractivity contribution in [3.8, 4) is 0 Å². The summed E-state index contributed by atoms with van der Waals surface area (Å²) in [6.07, 6.45) is 4.98. The Balaban J connectivity index is 1.82. The number of carbonyl (C=O) groups is 1. The number of likely N-dealkylation sites (tertiary alicyclic amines) is 1. The third kappa shape index (κ3) is 4.16. The molecule has 0 unspecified atom stereocenters. The molecule has 0 spiro atoms. The number of anilines is 2. The molecule has 0 saturated carbocycles. The number of nitrogens with one attached hydrogen (secondary N) is 1. The summed E-state index contributed by atoms with van der Waals surface area (Å²) in [5.74, 6) is 0.453. The summed E-state index contributed by atoms with van der Waals surface area (Å²) in [6, 6.07) is 9.83. The highest BCUT2D eigenvalue weighted by atomic mass is 16.2. The van der Waals surface area contributed by atoms with Crippen molar-refractivity contribution in [2.75, 3.05) is 18.4 Å². The van der Waals surface area contributed by atoms with Crippen LogP contribution in [0.3, 0.4) is 0 Å². The molecule has 0 aliphatic carbocycles. The molecule has 1 aliphatic rings. The topological polar surface area (TPSA) is 58.1 Å². The van der Waals surface area contributed by atoms with Crippen LogP contribution in [-0.2, 0) is 5.41 Å². The Bertz CT molecular complexity index is 745. The van der Waals surface area contributed by atoms with Gasteiger partial charge in [-0.05, 0) is 42.4 Å². The lowest BCUT2D eigenvalue weighted by Gasteiger charge is -2.26. The summed E-state index contributed by atoms with van der Waals surface area (Å²) >= 11 is 0. The molecule has 1 fully saturated rings. The van der Waals surface area contributed by atoms with Crippen molar-refractivity contribution < 1.29 is 4.79 Å². The van der Waals surface area contributed by atoms with Gasteiger partial charge in [0.05, 0.1) is 0 Å². The summed E-state index contributed by atoms with van der Waals surface area (Å²) in [6.45, 7) is 8.15. The van der Waals surface area contributed by atoms with E-state index in [0.29, 0.717) is 11.6 Å². The second-order valence-electron chi connectivity index (χ2n) is 7.54. The molecule has 1 aliphatic heterocycles. The second kappa shape index (κ2) is 7.21. The number of benzene rings is 1. The first-order valence-corrected chi connectivity index (χ1v) is 8.94. The minimum absolute atomic E-state index is 0.00479. The zero-order valence-corrected chi connectivity index (χ0v) is 15.2. The van der Waals surface area contributed by atoms with Gasteiger partial charge in [0.1, 0.15) is 5.69 Å². The number of carbonyl (C=O) groups excluding carboxylic acids is 1. The van der Waals surface area contributed by atoms with E-state index >= 15 is 0 Å². The van der Waals surface area contributed by atoms with E-state index in [1.54, 1.807) is 12.3 Å². The highest BCUT2D eigenvalue weighted by molar-refractivity contribution is 5.92. The molecule has 2 heterocycles.